The Bertz CT molecular complexity index is 1410. The summed E-state index contributed by atoms with van der Waals surface area (Å²) in [6.45, 7) is 5.29. The van der Waals surface area contributed by atoms with Crippen molar-refractivity contribution >= 4 is 49.2 Å². The van der Waals surface area contributed by atoms with E-state index in [1.165, 1.54) is 4.31 Å². The summed E-state index contributed by atoms with van der Waals surface area (Å²) in [5, 5.41) is 4.78. The summed E-state index contributed by atoms with van der Waals surface area (Å²) < 4.78 is 32.2. The van der Waals surface area contributed by atoms with Crippen LogP contribution in [-0.2, 0) is 14.8 Å². The Hall–Kier alpha value is -3.32. The maximum absolute atomic E-state index is 13.0. The molecule has 0 bridgehead atoms. The highest BCUT2D eigenvalue weighted by Crippen LogP contribution is 2.31. The van der Waals surface area contributed by atoms with E-state index < -0.39 is 22.0 Å². The highest BCUT2D eigenvalue weighted by Gasteiger charge is 2.30. The lowest BCUT2D eigenvalue weighted by Gasteiger charge is -2.29. The van der Waals surface area contributed by atoms with Crippen LogP contribution in [0.2, 0.25) is 0 Å². The molecule has 3 aromatic carbocycles. The fourth-order valence-corrected chi connectivity index (χ4v) is 5.01. The molecule has 4 aromatic rings. The zero-order valence-corrected chi connectivity index (χ0v) is 18.7. The number of hydrogen-bond acceptors (Lipinski definition) is 4. The molecule has 1 unspecified atom stereocenters. The van der Waals surface area contributed by atoms with Crippen LogP contribution in [0.4, 0.5) is 11.4 Å². The summed E-state index contributed by atoms with van der Waals surface area (Å²) in [7, 11) is -3.69. The van der Waals surface area contributed by atoms with E-state index in [0.717, 1.165) is 33.7 Å². The van der Waals surface area contributed by atoms with Gasteiger partial charge in [0.1, 0.15) is 17.2 Å². The minimum absolute atomic E-state index is 0.429. The molecule has 0 aliphatic rings. The van der Waals surface area contributed by atoms with Crippen molar-refractivity contribution in [2.75, 3.05) is 15.9 Å². The number of anilines is 2. The summed E-state index contributed by atoms with van der Waals surface area (Å²) in [6, 6.07) is 17.8. The first-order valence-electron chi connectivity index (χ1n) is 9.94. The molecule has 1 atom stereocenters. The normalized spacial score (nSPS) is 12.8. The number of para-hydroxylation sites is 1. The third-order valence-electron chi connectivity index (χ3n) is 5.34. The summed E-state index contributed by atoms with van der Waals surface area (Å²) >= 11 is 0. The lowest BCUT2D eigenvalue weighted by Crippen LogP contribution is -2.45. The average molecular weight is 437 g/mol. The summed E-state index contributed by atoms with van der Waals surface area (Å²) in [5.41, 5.74) is 4.15. The van der Waals surface area contributed by atoms with Gasteiger partial charge in [-0.15, -0.1) is 0 Å². The molecule has 0 saturated heterocycles. The van der Waals surface area contributed by atoms with Gasteiger partial charge in [0, 0.05) is 22.5 Å². The van der Waals surface area contributed by atoms with Crippen molar-refractivity contribution in [3.8, 4) is 0 Å². The van der Waals surface area contributed by atoms with Crippen molar-refractivity contribution in [2.45, 2.75) is 26.8 Å². The van der Waals surface area contributed by atoms with Gasteiger partial charge in [0.2, 0.25) is 15.9 Å². The summed E-state index contributed by atoms with van der Waals surface area (Å²) in [4.78, 5) is 13.0. The molecule has 1 aromatic heterocycles. The van der Waals surface area contributed by atoms with Gasteiger partial charge >= 0.3 is 0 Å². The van der Waals surface area contributed by atoms with Crippen molar-refractivity contribution in [2.24, 2.45) is 0 Å². The van der Waals surface area contributed by atoms with Gasteiger partial charge in [0.15, 0.2) is 0 Å². The molecule has 4 rings (SSSR count). The number of hydrogen-bond donors (Lipinski definition) is 1. The molecule has 31 heavy (non-hydrogen) atoms. The maximum Gasteiger partial charge on any atom is 0.247 e. The van der Waals surface area contributed by atoms with Crippen LogP contribution in [-0.4, -0.2) is 26.6 Å². The largest absolute Gasteiger partial charge is 0.456 e. The van der Waals surface area contributed by atoms with Gasteiger partial charge < -0.3 is 9.73 Å². The van der Waals surface area contributed by atoms with Crippen LogP contribution in [0, 0.1) is 13.8 Å². The van der Waals surface area contributed by atoms with Crippen LogP contribution in [0.3, 0.4) is 0 Å². The van der Waals surface area contributed by atoms with E-state index in [2.05, 4.69) is 5.32 Å². The second kappa shape index (κ2) is 7.74. The number of fused-ring (bicyclic) bond motifs is 3. The average Bonchev–Trinajstić information content (AvgIpc) is 3.07. The van der Waals surface area contributed by atoms with E-state index in [4.69, 9.17) is 4.42 Å². The molecule has 6 nitrogen and oxygen atoms in total. The molecular weight excluding hydrogens is 412 g/mol. The van der Waals surface area contributed by atoms with Gasteiger partial charge in [-0.2, -0.15) is 0 Å². The first-order valence-corrected chi connectivity index (χ1v) is 11.8. The molecule has 7 heteroatoms. The lowest BCUT2D eigenvalue weighted by molar-refractivity contribution is -0.116. The Labute approximate surface area is 181 Å². The summed E-state index contributed by atoms with van der Waals surface area (Å²) in [6.07, 6.45) is 1.11. The molecule has 1 amide bonds. The van der Waals surface area contributed by atoms with E-state index in [1.807, 2.05) is 56.3 Å². The topological polar surface area (TPSA) is 79.6 Å². The highest BCUT2D eigenvalue weighted by atomic mass is 32.2. The van der Waals surface area contributed by atoms with Gasteiger partial charge in [-0.25, -0.2) is 8.42 Å². The minimum Gasteiger partial charge on any atom is -0.456 e. The van der Waals surface area contributed by atoms with Crippen LogP contribution in [0.25, 0.3) is 21.9 Å². The number of carbonyl (C=O) groups excluding carboxylic acids is 1. The maximum atomic E-state index is 13.0. The Kier molecular flexibility index (Phi) is 5.23. The first kappa shape index (κ1) is 20.9. The van der Waals surface area contributed by atoms with Crippen molar-refractivity contribution in [1.82, 2.24) is 0 Å². The molecule has 160 valence electrons. The molecule has 1 heterocycles. The third-order valence-corrected chi connectivity index (χ3v) is 6.56. The fraction of sp³-hybridized carbons (Fsp3) is 0.208. The van der Waals surface area contributed by atoms with Gasteiger partial charge in [0.05, 0.1) is 11.9 Å². The number of nitrogens with zero attached hydrogens (tertiary/aromatic N) is 1. The molecule has 0 aliphatic heterocycles. The molecule has 1 N–H and O–H groups in total. The van der Waals surface area contributed by atoms with Gasteiger partial charge in [-0.05, 0) is 56.2 Å². The number of amides is 1. The minimum atomic E-state index is -3.69. The quantitative estimate of drug-likeness (QED) is 0.478. The standard InChI is InChI=1S/C24H24N2O4S/c1-15-9-10-16(2)21(13-15)26(31(4,28)29)17(3)24(27)25-18-11-12-20-19-7-5-6-8-22(19)30-23(20)14-18/h5-14,17H,1-4H3,(H,25,27). The van der Waals surface area contributed by atoms with Crippen LogP contribution in [0.5, 0.6) is 0 Å². The number of aryl methyl sites for hydroxylation is 2. The van der Waals surface area contributed by atoms with Crippen molar-refractivity contribution in [3.05, 3.63) is 71.8 Å². The number of furan rings is 1. The molecule has 0 radical (unpaired) electrons. The van der Waals surface area contributed by atoms with E-state index in [-0.39, 0.29) is 0 Å². The second-order valence-electron chi connectivity index (χ2n) is 7.82. The lowest BCUT2D eigenvalue weighted by atomic mass is 10.1. The number of carbonyl (C=O) groups is 1. The SMILES string of the molecule is Cc1ccc(C)c(N(C(C)C(=O)Nc2ccc3c(c2)oc2ccccc23)S(C)(=O)=O)c1. The Balaban J connectivity index is 1.66. The van der Waals surface area contributed by atoms with E-state index in [9.17, 15) is 13.2 Å². The van der Waals surface area contributed by atoms with E-state index in [1.54, 1.807) is 25.1 Å². The first-order chi connectivity index (χ1) is 14.6. The Morgan fingerprint density at radius 1 is 0.968 bits per heavy atom. The van der Waals surface area contributed by atoms with Crippen molar-refractivity contribution < 1.29 is 17.6 Å². The van der Waals surface area contributed by atoms with Crippen molar-refractivity contribution in [3.63, 3.8) is 0 Å². The van der Waals surface area contributed by atoms with Crippen LogP contribution in [0.1, 0.15) is 18.1 Å². The molecule has 0 spiro atoms. The smallest absolute Gasteiger partial charge is 0.247 e. The zero-order chi connectivity index (χ0) is 22.3. The third kappa shape index (κ3) is 4.01. The predicted octanol–water partition coefficient (Wildman–Crippen LogP) is 5.00. The van der Waals surface area contributed by atoms with Gasteiger partial charge in [-0.3, -0.25) is 9.10 Å². The Morgan fingerprint density at radius 3 is 2.42 bits per heavy atom. The van der Waals surface area contributed by atoms with Crippen LogP contribution in [0.15, 0.2) is 65.1 Å². The molecule has 0 fully saturated rings. The monoisotopic (exact) mass is 436 g/mol. The van der Waals surface area contributed by atoms with Crippen LogP contribution < -0.4 is 9.62 Å². The fourth-order valence-electron chi connectivity index (χ4n) is 3.79. The van der Waals surface area contributed by atoms with Gasteiger partial charge in [0.25, 0.3) is 0 Å². The van der Waals surface area contributed by atoms with Crippen molar-refractivity contribution in [1.29, 1.82) is 0 Å². The number of sulfonamides is 1. The number of benzene rings is 3. The molecular formula is C24H24N2O4S. The second-order valence-corrected chi connectivity index (χ2v) is 9.68. The van der Waals surface area contributed by atoms with Crippen LogP contribution >= 0.6 is 0 Å². The van der Waals surface area contributed by atoms with Gasteiger partial charge in [-0.1, -0.05) is 30.3 Å². The zero-order valence-electron chi connectivity index (χ0n) is 17.8. The van der Waals surface area contributed by atoms with E-state index in [0.29, 0.717) is 17.0 Å². The highest BCUT2D eigenvalue weighted by molar-refractivity contribution is 7.92. The molecule has 0 saturated carbocycles. The summed E-state index contributed by atoms with van der Waals surface area (Å²) in [5.74, 6) is -0.429. The molecule has 0 aliphatic carbocycles. The number of nitrogens with one attached hydrogen (secondary N) is 1. The number of rotatable bonds is 5. The predicted molar refractivity (Wildman–Crippen MR) is 125 cm³/mol. The van der Waals surface area contributed by atoms with E-state index >= 15 is 0 Å². The Morgan fingerprint density at radius 2 is 1.68 bits per heavy atom.